The number of aromatic nitrogens is 1. The molecule has 0 saturated heterocycles. The number of hydrogen-bond donors (Lipinski definition) is 1. The van der Waals surface area contributed by atoms with Gasteiger partial charge in [-0.2, -0.15) is 0 Å². The number of anilines is 1. The van der Waals surface area contributed by atoms with E-state index in [2.05, 4.69) is 10.3 Å². The van der Waals surface area contributed by atoms with Crippen molar-refractivity contribution in [1.29, 1.82) is 0 Å². The van der Waals surface area contributed by atoms with E-state index in [0.29, 0.717) is 26.1 Å². The maximum atomic E-state index is 12.7. The van der Waals surface area contributed by atoms with Crippen LogP contribution in [0.1, 0.15) is 33.9 Å². The highest BCUT2D eigenvalue weighted by Gasteiger charge is 2.19. The molecule has 0 aliphatic heterocycles. The number of hydrogen-bond acceptors (Lipinski definition) is 6. The minimum Gasteiger partial charge on any atom is -0.459 e. The summed E-state index contributed by atoms with van der Waals surface area (Å²) in [5, 5.41) is 4.56. The third-order valence-corrected chi connectivity index (χ3v) is 6.54. The Hall–Kier alpha value is -2.48. The summed E-state index contributed by atoms with van der Waals surface area (Å²) in [6.07, 6.45) is -0.189. The van der Waals surface area contributed by atoms with Crippen molar-refractivity contribution in [3.63, 3.8) is 0 Å². The molecule has 1 N–H and O–H groups in total. The van der Waals surface area contributed by atoms with Crippen LogP contribution in [0.3, 0.4) is 0 Å². The molecule has 0 unspecified atom stereocenters. The number of benzene rings is 2. The third kappa shape index (κ3) is 3.61. The van der Waals surface area contributed by atoms with E-state index in [1.807, 2.05) is 24.3 Å². The van der Waals surface area contributed by atoms with Crippen molar-refractivity contribution < 1.29 is 14.3 Å². The SMILES string of the molecule is CC(C)OC(=O)c1ccc2nc(NC(=O)c3sc4ccccc4c3Cl)sc2c1. The number of nitrogens with zero attached hydrogens (tertiary/aromatic N) is 1. The lowest BCUT2D eigenvalue weighted by Crippen LogP contribution is -2.11. The van der Waals surface area contributed by atoms with Gasteiger partial charge in [0.2, 0.25) is 0 Å². The zero-order chi connectivity index (χ0) is 19.8. The van der Waals surface area contributed by atoms with Crippen molar-refractivity contribution in [2.75, 3.05) is 5.32 Å². The van der Waals surface area contributed by atoms with Gasteiger partial charge in [0.25, 0.3) is 5.91 Å². The van der Waals surface area contributed by atoms with Gasteiger partial charge in [0.05, 0.1) is 26.9 Å². The summed E-state index contributed by atoms with van der Waals surface area (Å²) < 4.78 is 6.96. The molecule has 5 nitrogen and oxygen atoms in total. The Labute approximate surface area is 173 Å². The van der Waals surface area contributed by atoms with E-state index in [1.54, 1.807) is 32.0 Å². The molecule has 8 heteroatoms. The molecule has 0 spiro atoms. The summed E-state index contributed by atoms with van der Waals surface area (Å²) in [6, 6.07) is 12.7. The van der Waals surface area contributed by atoms with E-state index >= 15 is 0 Å². The van der Waals surface area contributed by atoms with Gasteiger partial charge in [-0.1, -0.05) is 41.1 Å². The Morgan fingerprint density at radius 2 is 1.89 bits per heavy atom. The summed E-state index contributed by atoms with van der Waals surface area (Å²) in [6.45, 7) is 3.60. The van der Waals surface area contributed by atoms with Crippen molar-refractivity contribution in [1.82, 2.24) is 4.98 Å². The predicted octanol–water partition coefficient (Wildman–Crippen LogP) is 5.98. The van der Waals surface area contributed by atoms with E-state index in [0.717, 1.165) is 14.8 Å². The molecule has 0 aliphatic rings. The number of thiazole rings is 1. The van der Waals surface area contributed by atoms with Crippen LogP contribution in [0, 0.1) is 0 Å². The normalized spacial score (nSPS) is 11.3. The first-order chi connectivity index (χ1) is 13.4. The van der Waals surface area contributed by atoms with Gasteiger partial charge in [0.1, 0.15) is 4.88 Å². The van der Waals surface area contributed by atoms with Crippen LogP contribution in [0.25, 0.3) is 20.3 Å². The molecule has 2 aromatic heterocycles. The second kappa shape index (κ2) is 7.50. The number of nitrogens with one attached hydrogen (secondary N) is 1. The Balaban J connectivity index is 1.59. The predicted molar refractivity (Wildman–Crippen MR) is 115 cm³/mol. The summed E-state index contributed by atoms with van der Waals surface area (Å²) >= 11 is 9.01. The zero-order valence-corrected chi connectivity index (χ0v) is 17.4. The summed E-state index contributed by atoms with van der Waals surface area (Å²) in [7, 11) is 0. The second-order valence-corrected chi connectivity index (χ2v) is 8.81. The Bertz CT molecular complexity index is 1210. The maximum Gasteiger partial charge on any atom is 0.338 e. The van der Waals surface area contributed by atoms with E-state index in [-0.39, 0.29) is 18.0 Å². The smallest absolute Gasteiger partial charge is 0.338 e. The lowest BCUT2D eigenvalue weighted by molar-refractivity contribution is 0.0378. The fraction of sp³-hybridized carbons (Fsp3) is 0.150. The van der Waals surface area contributed by atoms with Gasteiger partial charge in [0.15, 0.2) is 5.13 Å². The number of rotatable bonds is 4. The van der Waals surface area contributed by atoms with Crippen molar-refractivity contribution in [3.8, 4) is 0 Å². The summed E-state index contributed by atoms with van der Waals surface area (Å²) in [5.74, 6) is -0.683. The van der Waals surface area contributed by atoms with Gasteiger partial charge in [-0.15, -0.1) is 11.3 Å². The fourth-order valence-corrected chi connectivity index (χ4v) is 5.01. The molecule has 0 aliphatic carbocycles. The highest BCUT2D eigenvalue weighted by Crippen LogP contribution is 2.36. The van der Waals surface area contributed by atoms with E-state index in [4.69, 9.17) is 16.3 Å². The molecular formula is C20H15ClN2O3S2. The molecule has 28 heavy (non-hydrogen) atoms. The molecule has 0 radical (unpaired) electrons. The van der Waals surface area contributed by atoms with Crippen LogP contribution in [-0.4, -0.2) is 23.0 Å². The second-order valence-electron chi connectivity index (χ2n) is 6.35. The number of halogens is 1. The van der Waals surface area contributed by atoms with Crippen molar-refractivity contribution >= 4 is 71.6 Å². The zero-order valence-electron chi connectivity index (χ0n) is 15.0. The molecule has 2 heterocycles. The topological polar surface area (TPSA) is 68.3 Å². The minimum atomic E-state index is -0.382. The highest BCUT2D eigenvalue weighted by atomic mass is 35.5. The van der Waals surface area contributed by atoms with Crippen LogP contribution in [0.4, 0.5) is 5.13 Å². The molecule has 2 aromatic carbocycles. The molecule has 142 valence electrons. The van der Waals surface area contributed by atoms with Crippen molar-refractivity contribution in [2.24, 2.45) is 0 Å². The molecular weight excluding hydrogens is 416 g/mol. The van der Waals surface area contributed by atoms with E-state index in [9.17, 15) is 9.59 Å². The Morgan fingerprint density at radius 1 is 1.11 bits per heavy atom. The first-order valence-electron chi connectivity index (χ1n) is 8.52. The first-order valence-corrected chi connectivity index (χ1v) is 10.5. The lowest BCUT2D eigenvalue weighted by atomic mass is 10.2. The van der Waals surface area contributed by atoms with E-state index < -0.39 is 0 Å². The number of carbonyl (C=O) groups excluding carboxylic acids is 2. The van der Waals surface area contributed by atoms with E-state index in [1.165, 1.54) is 22.7 Å². The summed E-state index contributed by atoms with van der Waals surface area (Å²) in [5.41, 5.74) is 1.15. The highest BCUT2D eigenvalue weighted by molar-refractivity contribution is 7.23. The number of esters is 1. The third-order valence-electron chi connectivity index (χ3n) is 3.93. The molecule has 4 aromatic rings. The average Bonchev–Trinajstić information content (AvgIpc) is 3.21. The van der Waals surface area contributed by atoms with Gasteiger partial charge in [0, 0.05) is 10.1 Å². The quantitative estimate of drug-likeness (QED) is 0.404. The van der Waals surface area contributed by atoms with Crippen LogP contribution < -0.4 is 5.32 Å². The van der Waals surface area contributed by atoms with Crippen LogP contribution in [-0.2, 0) is 4.74 Å². The molecule has 0 atom stereocenters. The van der Waals surface area contributed by atoms with Crippen LogP contribution >= 0.6 is 34.3 Å². The molecule has 0 saturated carbocycles. The molecule has 0 fully saturated rings. The fourth-order valence-electron chi connectivity index (χ4n) is 2.70. The standard InChI is InChI=1S/C20H15ClN2O3S2/c1-10(2)26-19(25)11-7-8-13-15(9-11)28-20(22-13)23-18(24)17-16(21)12-5-3-4-6-14(12)27-17/h3-10H,1-2H3,(H,22,23,24). The molecule has 1 amide bonds. The molecule has 4 rings (SSSR count). The minimum absolute atomic E-state index is 0.189. The van der Waals surface area contributed by atoms with Crippen LogP contribution in [0.15, 0.2) is 42.5 Å². The van der Waals surface area contributed by atoms with Crippen LogP contribution in [0.2, 0.25) is 5.02 Å². The monoisotopic (exact) mass is 430 g/mol. The van der Waals surface area contributed by atoms with Crippen molar-refractivity contribution in [2.45, 2.75) is 20.0 Å². The number of fused-ring (bicyclic) bond motifs is 2. The Morgan fingerprint density at radius 3 is 2.64 bits per heavy atom. The van der Waals surface area contributed by atoms with Gasteiger partial charge < -0.3 is 4.74 Å². The van der Waals surface area contributed by atoms with Gasteiger partial charge in [-0.25, -0.2) is 9.78 Å². The summed E-state index contributed by atoms with van der Waals surface area (Å²) in [4.78, 5) is 29.6. The van der Waals surface area contributed by atoms with Crippen molar-refractivity contribution in [3.05, 3.63) is 57.9 Å². The van der Waals surface area contributed by atoms with Gasteiger partial charge in [-0.3, -0.25) is 10.1 Å². The maximum absolute atomic E-state index is 12.7. The lowest BCUT2D eigenvalue weighted by Gasteiger charge is -2.07. The number of thiophene rings is 1. The molecule has 0 bridgehead atoms. The number of ether oxygens (including phenoxy) is 1. The Kier molecular flexibility index (Phi) is 5.05. The first kappa shape index (κ1) is 18.9. The van der Waals surface area contributed by atoms with Gasteiger partial charge >= 0.3 is 5.97 Å². The number of amides is 1. The van der Waals surface area contributed by atoms with Gasteiger partial charge in [-0.05, 0) is 38.1 Å². The average molecular weight is 431 g/mol. The largest absolute Gasteiger partial charge is 0.459 e. The van der Waals surface area contributed by atoms with Crippen LogP contribution in [0.5, 0.6) is 0 Å². The number of carbonyl (C=O) groups is 2.